The molecular formula is C15H19BrClNO. The largest absolute Gasteiger partial charge is 0.339 e. The van der Waals surface area contributed by atoms with Gasteiger partial charge in [0, 0.05) is 23.1 Å². The fourth-order valence-corrected chi connectivity index (χ4v) is 3.07. The molecule has 2 nitrogen and oxygen atoms in total. The smallest absolute Gasteiger partial charge is 0.253 e. The van der Waals surface area contributed by atoms with Crippen molar-refractivity contribution < 1.29 is 4.79 Å². The summed E-state index contributed by atoms with van der Waals surface area (Å²) < 4.78 is 0.826. The summed E-state index contributed by atoms with van der Waals surface area (Å²) in [4.78, 5) is 14.3. The lowest BCUT2D eigenvalue weighted by Gasteiger charge is -2.32. The number of halogens is 2. The van der Waals surface area contributed by atoms with Gasteiger partial charge in [0.15, 0.2) is 0 Å². The minimum Gasteiger partial charge on any atom is -0.339 e. The Balaban J connectivity index is 1.99. The summed E-state index contributed by atoms with van der Waals surface area (Å²) in [6.45, 7) is 3.97. The number of rotatable bonds is 3. The van der Waals surface area contributed by atoms with E-state index in [2.05, 4.69) is 22.9 Å². The lowest BCUT2D eigenvalue weighted by molar-refractivity contribution is 0.0686. The van der Waals surface area contributed by atoms with Gasteiger partial charge < -0.3 is 4.90 Å². The fourth-order valence-electron chi connectivity index (χ4n) is 2.64. The van der Waals surface area contributed by atoms with Gasteiger partial charge in [-0.3, -0.25) is 4.79 Å². The van der Waals surface area contributed by atoms with Crippen molar-refractivity contribution in [3.8, 4) is 0 Å². The Kier molecular flexibility index (Phi) is 5.28. The highest BCUT2D eigenvalue weighted by Gasteiger charge is 2.23. The van der Waals surface area contributed by atoms with E-state index in [1.54, 1.807) is 6.07 Å². The third kappa shape index (κ3) is 3.73. The van der Waals surface area contributed by atoms with Crippen LogP contribution >= 0.6 is 27.5 Å². The molecule has 2 rings (SSSR count). The second-order valence-corrected chi connectivity index (χ2v) is 6.41. The Morgan fingerprint density at radius 3 is 2.68 bits per heavy atom. The number of nitrogens with zero attached hydrogens (tertiary/aromatic N) is 1. The van der Waals surface area contributed by atoms with Crippen molar-refractivity contribution in [2.75, 3.05) is 13.1 Å². The lowest BCUT2D eigenvalue weighted by atomic mass is 9.92. The average molecular weight is 345 g/mol. The van der Waals surface area contributed by atoms with Crippen LogP contribution in [0, 0.1) is 5.92 Å². The van der Waals surface area contributed by atoms with E-state index in [1.165, 1.54) is 12.8 Å². The number of amides is 1. The quantitative estimate of drug-likeness (QED) is 0.774. The molecule has 0 spiro atoms. The topological polar surface area (TPSA) is 20.3 Å². The molecule has 0 unspecified atom stereocenters. The molecule has 1 aromatic carbocycles. The molecule has 0 saturated carbocycles. The average Bonchev–Trinajstić information content (AvgIpc) is 2.42. The predicted octanol–water partition coefficient (Wildman–Crippen LogP) is 4.75. The highest BCUT2D eigenvalue weighted by molar-refractivity contribution is 9.10. The summed E-state index contributed by atoms with van der Waals surface area (Å²) in [5.74, 6) is 0.895. The van der Waals surface area contributed by atoms with Crippen molar-refractivity contribution in [2.45, 2.75) is 32.6 Å². The molecule has 4 heteroatoms. The monoisotopic (exact) mass is 343 g/mol. The number of hydrogen-bond donors (Lipinski definition) is 0. The molecule has 0 N–H and O–H groups in total. The molecule has 1 saturated heterocycles. The summed E-state index contributed by atoms with van der Waals surface area (Å²) in [7, 11) is 0. The van der Waals surface area contributed by atoms with Crippen LogP contribution in [-0.2, 0) is 0 Å². The fraction of sp³-hybridized carbons (Fsp3) is 0.533. The molecule has 0 bridgehead atoms. The van der Waals surface area contributed by atoms with E-state index in [0.29, 0.717) is 10.6 Å². The zero-order chi connectivity index (χ0) is 13.8. The molecule has 1 heterocycles. The molecule has 0 radical (unpaired) electrons. The van der Waals surface area contributed by atoms with E-state index in [9.17, 15) is 4.79 Å². The van der Waals surface area contributed by atoms with Crippen LogP contribution in [0.3, 0.4) is 0 Å². The third-order valence-corrected chi connectivity index (χ3v) is 5.00. The molecule has 1 amide bonds. The Labute approximate surface area is 128 Å². The van der Waals surface area contributed by atoms with Gasteiger partial charge in [0.2, 0.25) is 0 Å². The minimum absolute atomic E-state index is 0.101. The zero-order valence-electron chi connectivity index (χ0n) is 11.2. The van der Waals surface area contributed by atoms with Crippen LogP contribution < -0.4 is 0 Å². The maximum atomic E-state index is 12.4. The van der Waals surface area contributed by atoms with E-state index < -0.39 is 0 Å². The standard InChI is InChI=1S/C15H19BrClNO/c1-2-3-11-6-8-18(9-7-11)15(19)12-4-5-13(16)14(17)10-12/h4-5,10-11H,2-3,6-9H2,1H3. The summed E-state index contributed by atoms with van der Waals surface area (Å²) in [5, 5.41) is 0.590. The van der Waals surface area contributed by atoms with E-state index in [1.807, 2.05) is 17.0 Å². The number of piperidine rings is 1. The van der Waals surface area contributed by atoms with E-state index in [-0.39, 0.29) is 5.91 Å². The van der Waals surface area contributed by atoms with Crippen LogP contribution in [-0.4, -0.2) is 23.9 Å². The highest BCUT2D eigenvalue weighted by Crippen LogP contribution is 2.26. The van der Waals surface area contributed by atoms with Gasteiger partial charge in [-0.05, 0) is 52.9 Å². The van der Waals surface area contributed by atoms with Crippen molar-refractivity contribution in [1.82, 2.24) is 4.90 Å². The number of likely N-dealkylation sites (tertiary alicyclic amines) is 1. The molecule has 104 valence electrons. The van der Waals surface area contributed by atoms with Gasteiger partial charge in [-0.25, -0.2) is 0 Å². The SMILES string of the molecule is CCCC1CCN(C(=O)c2ccc(Br)c(Cl)c2)CC1. The van der Waals surface area contributed by atoms with Gasteiger partial charge in [0.25, 0.3) is 5.91 Å². The van der Waals surface area contributed by atoms with Gasteiger partial charge >= 0.3 is 0 Å². The number of hydrogen-bond acceptors (Lipinski definition) is 1. The van der Waals surface area contributed by atoms with Gasteiger partial charge in [0.05, 0.1) is 5.02 Å². The molecule has 0 aliphatic carbocycles. The van der Waals surface area contributed by atoms with Crippen LogP contribution in [0.25, 0.3) is 0 Å². The van der Waals surface area contributed by atoms with Gasteiger partial charge in [-0.15, -0.1) is 0 Å². The minimum atomic E-state index is 0.101. The Morgan fingerprint density at radius 2 is 2.11 bits per heavy atom. The Morgan fingerprint density at radius 1 is 1.42 bits per heavy atom. The summed E-state index contributed by atoms with van der Waals surface area (Å²) in [5.41, 5.74) is 0.683. The zero-order valence-corrected chi connectivity index (χ0v) is 13.5. The predicted molar refractivity (Wildman–Crippen MR) is 82.7 cm³/mol. The maximum absolute atomic E-state index is 12.4. The molecule has 1 aliphatic rings. The molecular weight excluding hydrogens is 326 g/mol. The lowest BCUT2D eigenvalue weighted by Crippen LogP contribution is -2.38. The number of carbonyl (C=O) groups excluding carboxylic acids is 1. The first-order valence-corrected chi connectivity index (χ1v) is 8.03. The van der Waals surface area contributed by atoms with Crippen LogP contribution in [0.2, 0.25) is 5.02 Å². The van der Waals surface area contributed by atoms with Crippen LogP contribution in [0.15, 0.2) is 22.7 Å². The first-order valence-electron chi connectivity index (χ1n) is 6.86. The van der Waals surface area contributed by atoms with E-state index in [0.717, 1.165) is 36.3 Å². The second kappa shape index (κ2) is 6.76. The molecule has 19 heavy (non-hydrogen) atoms. The molecule has 1 fully saturated rings. The summed E-state index contributed by atoms with van der Waals surface area (Å²) in [6, 6.07) is 5.40. The Hall–Kier alpha value is -0.540. The molecule has 0 aromatic heterocycles. The molecule has 1 aliphatic heterocycles. The van der Waals surface area contributed by atoms with Crippen molar-refractivity contribution in [3.05, 3.63) is 33.3 Å². The van der Waals surface area contributed by atoms with E-state index >= 15 is 0 Å². The van der Waals surface area contributed by atoms with Crippen molar-refractivity contribution >= 4 is 33.4 Å². The van der Waals surface area contributed by atoms with Crippen molar-refractivity contribution in [2.24, 2.45) is 5.92 Å². The highest BCUT2D eigenvalue weighted by atomic mass is 79.9. The van der Waals surface area contributed by atoms with Gasteiger partial charge in [-0.2, -0.15) is 0 Å². The van der Waals surface area contributed by atoms with E-state index in [4.69, 9.17) is 11.6 Å². The summed E-state index contributed by atoms with van der Waals surface area (Å²) >= 11 is 9.39. The van der Waals surface area contributed by atoms with Crippen molar-refractivity contribution in [3.63, 3.8) is 0 Å². The maximum Gasteiger partial charge on any atom is 0.253 e. The molecule has 0 atom stereocenters. The number of benzene rings is 1. The molecule has 1 aromatic rings. The van der Waals surface area contributed by atoms with Crippen molar-refractivity contribution in [1.29, 1.82) is 0 Å². The normalized spacial score (nSPS) is 16.7. The van der Waals surface area contributed by atoms with Crippen LogP contribution in [0.1, 0.15) is 43.0 Å². The van der Waals surface area contributed by atoms with Gasteiger partial charge in [0.1, 0.15) is 0 Å². The third-order valence-electron chi connectivity index (χ3n) is 3.77. The first kappa shape index (κ1) is 14.9. The first-order chi connectivity index (χ1) is 9.11. The summed E-state index contributed by atoms with van der Waals surface area (Å²) in [6.07, 6.45) is 4.78. The number of carbonyl (C=O) groups is 1. The van der Waals surface area contributed by atoms with Gasteiger partial charge in [-0.1, -0.05) is 31.4 Å². The Bertz CT molecular complexity index is 455. The van der Waals surface area contributed by atoms with Crippen LogP contribution in [0.4, 0.5) is 0 Å². The second-order valence-electron chi connectivity index (χ2n) is 5.15. The van der Waals surface area contributed by atoms with Crippen LogP contribution in [0.5, 0.6) is 0 Å².